The van der Waals surface area contributed by atoms with Crippen molar-refractivity contribution >= 4 is 11.3 Å². The lowest BCUT2D eigenvalue weighted by molar-refractivity contribution is 0.0465. The molecule has 4 unspecified atom stereocenters. The van der Waals surface area contributed by atoms with Crippen LogP contribution in [0.1, 0.15) is 39.0 Å². The maximum Gasteiger partial charge on any atom is 0.0300 e. The number of hydrogen-bond donors (Lipinski definition) is 1. The predicted molar refractivity (Wildman–Crippen MR) is 84.6 cm³/mol. The first-order valence-corrected chi connectivity index (χ1v) is 8.44. The van der Waals surface area contributed by atoms with Crippen LogP contribution in [0.4, 0.5) is 0 Å². The van der Waals surface area contributed by atoms with Crippen LogP contribution in [0.25, 0.3) is 0 Å². The van der Waals surface area contributed by atoms with E-state index in [-0.39, 0.29) is 0 Å². The number of nitrogens with zero attached hydrogens (tertiary/aromatic N) is 1. The average molecular weight is 280 g/mol. The Morgan fingerprint density at radius 3 is 2.89 bits per heavy atom. The molecule has 0 radical (unpaired) electrons. The largest absolute Gasteiger partial charge is 0.310 e. The molecule has 0 saturated carbocycles. The Morgan fingerprint density at radius 2 is 2.21 bits per heavy atom. The topological polar surface area (TPSA) is 15.3 Å². The van der Waals surface area contributed by atoms with Gasteiger partial charge < -0.3 is 5.32 Å². The number of nitrogens with one attached hydrogen (secondary N) is 1. The number of rotatable bonds is 5. The van der Waals surface area contributed by atoms with E-state index < -0.39 is 0 Å². The van der Waals surface area contributed by atoms with Gasteiger partial charge in [0.2, 0.25) is 0 Å². The molecular formula is C16H28N2S. The number of piperidine rings is 1. The van der Waals surface area contributed by atoms with Gasteiger partial charge in [-0.05, 0) is 43.6 Å². The van der Waals surface area contributed by atoms with Gasteiger partial charge in [-0.15, -0.1) is 11.3 Å². The van der Waals surface area contributed by atoms with E-state index in [0.29, 0.717) is 6.04 Å². The number of thiophene rings is 1. The van der Waals surface area contributed by atoms with Gasteiger partial charge in [0.1, 0.15) is 0 Å². The van der Waals surface area contributed by atoms with E-state index >= 15 is 0 Å². The van der Waals surface area contributed by atoms with Gasteiger partial charge in [0.15, 0.2) is 0 Å². The summed E-state index contributed by atoms with van der Waals surface area (Å²) in [4.78, 5) is 4.13. The van der Waals surface area contributed by atoms with Gasteiger partial charge in [-0.3, -0.25) is 4.90 Å². The van der Waals surface area contributed by atoms with Crippen LogP contribution < -0.4 is 5.32 Å². The molecule has 0 bridgehead atoms. The van der Waals surface area contributed by atoms with Crippen molar-refractivity contribution in [2.75, 3.05) is 13.1 Å². The molecule has 0 amide bonds. The van der Waals surface area contributed by atoms with E-state index in [1.807, 2.05) is 11.3 Å². The third kappa shape index (κ3) is 4.04. The van der Waals surface area contributed by atoms with Crippen molar-refractivity contribution in [3.63, 3.8) is 0 Å². The van der Waals surface area contributed by atoms with E-state index in [1.165, 1.54) is 17.8 Å². The van der Waals surface area contributed by atoms with Crippen LogP contribution in [0.2, 0.25) is 0 Å². The smallest absolute Gasteiger partial charge is 0.0300 e. The minimum atomic E-state index is 0.625. The molecule has 3 heteroatoms. The van der Waals surface area contributed by atoms with Gasteiger partial charge in [-0.25, -0.2) is 0 Å². The summed E-state index contributed by atoms with van der Waals surface area (Å²) in [6.45, 7) is 12.9. The molecule has 108 valence electrons. The van der Waals surface area contributed by atoms with E-state index in [0.717, 1.165) is 31.0 Å². The molecule has 4 atom stereocenters. The van der Waals surface area contributed by atoms with E-state index in [1.54, 1.807) is 0 Å². The summed E-state index contributed by atoms with van der Waals surface area (Å²) in [6, 6.07) is 5.67. The summed E-state index contributed by atoms with van der Waals surface area (Å²) in [5, 5.41) is 5.75. The molecule has 1 N–H and O–H groups in total. The highest BCUT2D eigenvalue weighted by Crippen LogP contribution is 2.28. The molecule has 2 rings (SSSR count). The molecule has 1 aliphatic heterocycles. The van der Waals surface area contributed by atoms with Gasteiger partial charge in [0.25, 0.3) is 0 Å². The lowest BCUT2D eigenvalue weighted by atomic mass is 9.85. The van der Waals surface area contributed by atoms with Crippen LogP contribution in [-0.4, -0.2) is 30.1 Å². The fraction of sp³-hybridized carbons (Fsp3) is 0.750. The molecule has 2 heterocycles. The van der Waals surface area contributed by atoms with Crippen molar-refractivity contribution < 1.29 is 0 Å². The normalized spacial score (nSPS) is 30.4. The second-order valence-electron chi connectivity index (χ2n) is 6.31. The predicted octanol–water partition coefficient (Wildman–Crippen LogP) is 3.59. The Bertz CT molecular complexity index is 363. The van der Waals surface area contributed by atoms with Crippen molar-refractivity contribution in [3.05, 3.63) is 22.4 Å². The van der Waals surface area contributed by atoms with Gasteiger partial charge >= 0.3 is 0 Å². The Kier molecular flexibility index (Phi) is 5.43. The summed E-state index contributed by atoms with van der Waals surface area (Å²) in [7, 11) is 0. The minimum absolute atomic E-state index is 0.625. The third-order valence-corrected chi connectivity index (χ3v) is 5.40. The molecular weight excluding hydrogens is 252 g/mol. The van der Waals surface area contributed by atoms with Crippen molar-refractivity contribution in [2.45, 2.75) is 52.7 Å². The maximum atomic E-state index is 3.60. The van der Waals surface area contributed by atoms with Gasteiger partial charge in [-0.1, -0.05) is 19.9 Å². The fourth-order valence-electron chi connectivity index (χ4n) is 3.28. The monoisotopic (exact) mass is 280 g/mol. The first-order chi connectivity index (χ1) is 9.08. The molecule has 0 aliphatic carbocycles. The maximum absolute atomic E-state index is 3.60. The molecule has 1 fully saturated rings. The Hall–Kier alpha value is -0.380. The molecule has 1 saturated heterocycles. The van der Waals surface area contributed by atoms with E-state index in [4.69, 9.17) is 0 Å². The molecule has 0 spiro atoms. The Labute approximate surface area is 122 Å². The van der Waals surface area contributed by atoms with Crippen molar-refractivity contribution in [1.82, 2.24) is 10.2 Å². The lowest BCUT2D eigenvalue weighted by Crippen LogP contribution is -2.52. The lowest BCUT2D eigenvalue weighted by Gasteiger charge is -2.44. The zero-order chi connectivity index (χ0) is 13.8. The SMILES string of the molecule is CC1CC(C)C(C)N(C(C)CNCc2cccs2)C1. The highest BCUT2D eigenvalue weighted by Gasteiger charge is 2.31. The van der Waals surface area contributed by atoms with Gasteiger partial charge in [-0.2, -0.15) is 0 Å². The van der Waals surface area contributed by atoms with Gasteiger partial charge in [0, 0.05) is 36.6 Å². The molecule has 19 heavy (non-hydrogen) atoms. The summed E-state index contributed by atoms with van der Waals surface area (Å²) in [6.07, 6.45) is 1.38. The summed E-state index contributed by atoms with van der Waals surface area (Å²) in [5.74, 6) is 1.66. The number of likely N-dealkylation sites (tertiary alicyclic amines) is 1. The van der Waals surface area contributed by atoms with E-state index in [2.05, 4.69) is 55.4 Å². The molecule has 2 nitrogen and oxygen atoms in total. The van der Waals surface area contributed by atoms with Crippen LogP contribution in [0.3, 0.4) is 0 Å². The molecule has 1 aromatic heterocycles. The fourth-order valence-corrected chi connectivity index (χ4v) is 3.95. The average Bonchev–Trinajstić information content (AvgIpc) is 2.86. The van der Waals surface area contributed by atoms with Crippen molar-refractivity contribution in [1.29, 1.82) is 0 Å². The summed E-state index contributed by atoms with van der Waals surface area (Å²) in [5.41, 5.74) is 0. The van der Waals surface area contributed by atoms with Crippen LogP contribution in [0, 0.1) is 11.8 Å². The molecule has 1 aromatic rings. The quantitative estimate of drug-likeness (QED) is 0.886. The molecule has 0 aromatic carbocycles. The zero-order valence-electron chi connectivity index (χ0n) is 12.7. The molecule has 1 aliphatic rings. The third-order valence-electron chi connectivity index (χ3n) is 4.53. The van der Waals surface area contributed by atoms with Crippen molar-refractivity contribution in [3.8, 4) is 0 Å². The van der Waals surface area contributed by atoms with Crippen LogP contribution in [-0.2, 0) is 6.54 Å². The van der Waals surface area contributed by atoms with E-state index in [9.17, 15) is 0 Å². The number of hydrogen-bond acceptors (Lipinski definition) is 3. The first-order valence-electron chi connectivity index (χ1n) is 7.56. The Balaban J connectivity index is 1.79. The van der Waals surface area contributed by atoms with Gasteiger partial charge in [0.05, 0.1) is 0 Å². The summed E-state index contributed by atoms with van der Waals surface area (Å²) >= 11 is 1.84. The summed E-state index contributed by atoms with van der Waals surface area (Å²) < 4.78 is 0. The standard InChI is InChI=1S/C16H28N2S/c1-12-8-13(2)15(4)18(11-12)14(3)9-17-10-16-6-5-7-19-16/h5-7,12-15,17H,8-11H2,1-4H3. The minimum Gasteiger partial charge on any atom is -0.310 e. The van der Waals surface area contributed by atoms with Crippen LogP contribution >= 0.6 is 11.3 Å². The van der Waals surface area contributed by atoms with Crippen LogP contribution in [0.5, 0.6) is 0 Å². The second-order valence-corrected chi connectivity index (χ2v) is 7.35. The Morgan fingerprint density at radius 1 is 1.42 bits per heavy atom. The first kappa shape index (κ1) is 15.0. The highest BCUT2D eigenvalue weighted by molar-refractivity contribution is 7.09. The van der Waals surface area contributed by atoms with Crippen LogP contribution in [0.15, 0.2) is 17.5 Å². The zero-order valence-corrected chi connectivity index (χ0v) is 13.5. The van der Waals surface area contributed by atoms with Crippen molar-refractivity contribution in [2.24, 2.45) is 11.8 Å². The second kappa shape index (κ2) is 6.87. The highest BCUT2D eigenvalue weighted by atomic mass is 32.1.